The highest BCUT2D eigenvalue weighted by atomic mass is 32.1. The zero-order valence-electron chi connectivity index (χ0n) is 20.7. The molecule has 0 saturated carbocycles. The van der Waals surface area contributed by atoms with Crippen molar-refractivity contribution in [1.29, 1.82) is 0 Å². The number of benzene rings is 2. The van der Waals surface area contributed by atoms with E-state index in [4.69, 9.17) is 4.74 Å². The fourth-order valence-corrected chi connectivity index (χ4v) is 5.33. The number of amides is 2. The number of aromatic nitrogens is 1. The number of esters is 1. The predicted molar refractivity (Wildman–Crippen MR) is 139 cm³/mol. The molecule has 1 fully saturated rings. The van der Waals surface area contributed by atoms with Gasteiger partial charge < -0.3 is 15.0 Å². The van der Waals surface area contributed by atoms with E-state index >= 15 is 0 Å². The SMILES string of the molecule is CCOC(=O)C(Cc1ccccc1)NC(=O)c1csc(C2CCN(C(=O)Cc3ccc(F)cc3)CC2)n1. The zero-order valence-corrected chi connectivity index (χ0v) is 21.5. The molecule has 4 rings (SSSR count). The molecular formula is C28H30FN3O4S. The van der Waals surface area contributed by atoms with Crippen LogP contribution in [0.5, 0.6) is 0 Å². The minimum atomic E-state index is -0.810. The molecule has 1 aliphatic heterocycles. The van der Waals surface area contributed by atoms with Crippen molar-refractivity contribution in [3.8, 4) is 0 Å². The molecule has 9 heteroatoms. The summed E-state index contributed by atoms with van der Waals surface area (Å²) in [5.74, 6) is -1.03. The van der Waals surface area contributed by atoms with E-state index in [0.717, 1.165) is 29.0 Å². The molecule has 1 unspecified atom stereocenters. The van der Waals surface area contributed by atoms with E-state index < -0.39 is 17.9 Å². The van der Waals surface area contributed by atoms with Gasteiger partial charge in [0.1, 0.15) is 17.6 Å². The van der Waals surface area contributed by atoms with E-state index in [1.54, 1.807) is 24.4 Å². The zero-order chi connectivity index (χ0) is 26.2. The third-order valence-electron chi connectivity index (χ3n) is 6.38. The molecule has 37 heavy (non-hydrogen) atoms. The standard InChI is InChI=1S/C28H30FN3O4S/c1-2-36-28(35)23(16-19-6-4-3-5-7-19)30-26(34)24-18-37-27(31-24)21-12-14-32(15-13-21)25(33)17-20-8-10-22(29)11-9-20/h3-11,18,21,23H,2,12-17H2,1H3,(H,30,34). The van der Waals surface area contributed by atoms with Crippen LogP contribution in [-0.2, 0) is 27.2 Å². The maximum Gasteiger partial charge on any atom is 0.328 e. The van der Waals surface area contributed by atoms with Crippen LogP contribution in [0.1, 0.15) is 52.3 Å². The Morgan fingerprint density at radius 1 is 1.08 bits per heavy atom. The van der Waals surface area contributed by atoms with Crippen LogP contribution in [0, 0.1) is 5.82 Å². The summed E-state index contributed by atoms with van der Waals surface area (Å²) in [6.07, 6.45) is 2.08. The molecule has 0 bridgehead atoms. The van der Waals surface area contributed by atoms with Gasteiger partial charge in [-0.15, -0.1) is 11.3 Å². The van der Waals surface area contributed by atoms with Crippen LogP contribution in [0.25, 0.3) is 0 Å². The molecule has 0 radical (unpaired) electrons. The number of hydrogen-bond donors (Lipinski definition) is 1. The van der Waals surface area contributed by atoms with Crippen molar-refractivity contribution >= 4 is 29.1 Å². The molecule has 1 aromatic heterocycles. The van der Waals surface area contributed by atoms with Crippen molar-refractivity contribution in [2.45, 2.75) is 44.6 Å². The van der Waals surface area contributed by atoms with Crippen LogP contribution >= 0.6 is 11.3 Å². The predicted octanol–water partition coefficient (Wildman–Crippen LogP) is 4.14. The number of piperidine rings is 1. The van der Waals surface area contributed by atoms with E-state index in [9.17, 15) is 18.8 Å². The second-order valence-corrected chi connectivity index (χ2v) is 9.89. The Balaban J connectivity index is 1.32. The molecule has 0 spiro atoms. The second kappa shape index (κ2) is 12.6. The van der Waals surface area contributed by atoms with Crippen molar-refractivity contribution in [2.75, 3.05) is 19.7 Å². The lowest BCUT2D eigenvalue weighted by molar-refractivity contribution is -0.145. The van der Waals surface area contributed by atoms with Gasteiger partial charge in [0.25, 0.3) is 5.91 Å². The summed E-state index contributed by atoms with van der Waals surface area (Å²) < 4.78 is 18.3. The molecule has 2 aromatic carbocycles. The summed E-state index contributed by atoms with van der Waals surface area (Å²) in [6, 6.07) is 14.6. The van der Waals surface area contributed by atoms with Gasteiger partial charge in [0.15, 0.2) is 0 Å². The maximum atomic E-state index is 13.1. The fourth-order valence-electron chi connectivity index (χ4n) is 4.36. The van der Waals surface area contributed by atoms with Crippen molar-refractivity contribution in [3.63, 3.8) is 0 Å². The summed E-state index contributed by atoms with van der Waals surface area (Å²) in [4.78, 5) is 44.5. The van der Waals surface area contributed by atoms with E-state index in [1.807, 2.05) is 35.2 Å². The normalized spacial score (nSPS) is 14.7. The van der Waals surface area contributed by atoms with E-state index in [1.165, 1.54) is 23.5 Å². The average molecular weight is 524 g/mol. The van der Waals surface area contributed by atoms with Crippen LogP contribution in [-0.4, -0.2) is 53.4 Å². The van der Waals surface area contributed by atoms with E-state index in [2.05, 4.69) is 10.3 Å². The highest BCUT2D eigenvalue weighted by Gasteiger charge is 2.28. The monoisotopic (exact) mass is 523 g/mol. The summed E-state index contributed by atoms with van der Waals surface area (Å²) >= 11 is 1.42. The number of nitrogens with zero attached hydrogens (tertiary/aromatic N) is 2. The van der Waals surface area contributed by atoms with Crippen molar-refractivity contribution < 1.29 is 23.5 Å². The molecule has 0 aliphatic carbocycles. The highest BCUT2D eigenvalue weighted by molar-refractivity contribution is 7.09. The average Bonchev–Trinajstić information content (AvgIpc) is 3.41. The summed E-state index contributed by atoms with van der Waals surface area (Å²) in [5.41, 5.74) is 1.98. The maximum absolute atomic E-state index is 13.1. The quantitative estimate of drug-likeness (QED) is 0.426. The number of hydrogen-bond acceptors (Lipinski definition) is 6. The van der Waals surface area contributed by atoms with Gasteiger partial charge >= 0.3 is 5.97 Å². The van der Waals surface area contributed by atoms with Crippen LogP contribution < -0.4 is 5.32 Å². The molecule has 1 saturated heterocycles. The number of halogens is 1. The molecule has 1 aliphatic rings. The minimum Gasteiger partial charge on any atom is -0.464 e. The molecule has 2 amide bonds. The van der Waals surface area contributed by atoms with Crippen molar-refractivity contribution in [2.24, 2.45) is 0 Å². The van der Waals surface area contributed by atoms with Gasteiger partial charge in [-0.3, -0.25) is 9.59 Å². The third kappa shape index (κ3) is 7.22. The lowest BCUT2D eigenvalue weighted by Crippen LogP contribution is -2.43. The second-order valence-electron chi connectivity index (χ2n) is 9.00. The first-order chi connectivity index (χ1) is 17.9. The lowest BCUT2D eigenvalue weighted by atomic mass is 9.97. The Hall–Kier alpha value is -3.59. The van der Waals surface area contributed by atoms with Gasteiger partial charge in [-0.2, -0.15) is 0 Å². The number of rotatable bonds is 9. The lowest BCUT2D eigenvalue weighted by Gasteiger charge is -2.31. The molecule has 194 valence electrons. The minimum absolute atomic E-state index is 0.0210. The Labute approximate surface area is 219 Å². The smallest absolute Gasteiger partial charge is 0.328 e. The highest BCUT2D eigenvalue weighted by Crippen LogP contribution is 2.30. The fraction of sp³-hybridized carbons (Fsp3) is 0.357. The first-order valence-corrected chi connectivity index (χ1v) is 13.3. The Bertz CT molecular complexity index is 1210. The van der Waals surface area contributed by atoms with Crippen molar-refractivity contribution in [1.82, 2.24) is 15.2 Å². The van der Waals surface area contributed by atoms with Crippen LogP contribution in [0.15, 0.2) is 60.0 Å². The van der Waals surface area contributed by atoms with Gasteiger partial charge in [-0.25, -0.2) is 14.2 Å². The summed E-state index contributed by atoms with van der Waals surface area (Å²) in [7, 11) is 0. The number of carbonyl (C=O) groups excluding carboxylic acids is 3. The number of thiazole rings is 1. The van der Waals surface area contributed by atoms with Gasteiger partial charge in [-0.05, 0) is 43.0 Å². The molecule has 1 N–H and O–H groups in total. The molecular weight excluding hydrogens is 493 g/mol. The number of carbonyl (C=O) groups is 3. The first kappa shape index (κ1) is 26.5. The molecule has 3 aromatic rings. The molecule has 1 atom stereocenters. The topological polar surface area (TPSA) is 88.6 Å². The van der Waals surface area contributed by atoms with Crippen LogP contribution in [0.4, 0.5) is 4.39 Å². The Kier molecular flexibility index (Phi) is 9.00. The molecule has 2 heterocycles. The van der Waals surface area contributed by atoms with Gasteiger partial charge in [0, 0.05) is 30.8 Å². The van der Waals surface area contributed by atoms with E-state index in [-0.39, 0.29) is 36.4 Å². The van der Waals surface area contributed by atoms with Gasteiger partial charge in [0.2, 0.25) is 5.91 Å². The van der Waals surface area contributed by atoms with Crippen LogP contribution in [0.3, 0.4) is 0 Å². The summed E-state index contributed by atoms with van der Waals surface area (Å²) in [5, 5.41) is 5.35. The number of likely N-dealkylation sites (tertiary alicyclic amines) is 1. The molecule has 7 nitrogen and oxygen atoms in total. The Morgan fingerprint density at radius 3 is 2.46 bits per heavy atom. The van der Waals surface area contributed by atoms with Crippen molar-refractivity contribution in [3.05, 3.63) is 87.6 Å². The number of ether oxygens (including phenoxy) is 1. The number of nitrogens with one attached hydrogen (secondary N) is 1. The van der Waals surface area contributed by atoms with Gasteiger partial charge in [0.05, 0.1) is 18.0 Å². The van der Waals surface area contributed by atoms with E-state index in [0.29, 0.717) is 19.5 Å². The first-order valence-electron chi connectivity index (χ1n) is 12.4. The van der Waals surface area contributed by atoms with Gasteiger partial charge in [-0.1, -0.05) is 42.5 Å². The van der Waals surface area contributed by atoms with Crippen LogP contribution in [0.2, 0.25) is 0 Å². The Morgan fingerprint density at radius 2 is 1.78 bits per heavy atom. The largest absolute Gasteiger partial charge is 0.464 e. The summed E-state index contributed by atoms with van der Waals surface area (Å²) in [6.45, 7) is 3.17. The third-order valence-corrected chi connectivity index (χ3v) is 7.39.